The molecule has 1 N–H and O–H groups in total. The zero-order valence-corrected chi connectivity index (χ0v) is 10.6. The Bertz CT molecular complexity index is 201. The van der Waals surface area contributed by atoms with Gasteiger partial charge in [0.15, 0.2) is 0 Å². The van der Waals surface area contributed by atoms with Gasteiger partial charge in [0.1, 0.15) is 5.78 Å². The average Bonchev–Trinajstić information content (AvgIpc) is 2.29. The topological polar surface area (TPSA) is 37.3 Å². The molecule has 2 atom stereocenters. The summed E-state index contributed by atoms with van der Waals surface area (Å²) in [6, 6.07) is 0. The zero-order chi connectivity index (χ0) is 11.8. The maximum atomic E-state index is 11.6. The largest absolute Gasteiger partial charge is 0.396 e. The first-order valence-corrected chi connectivity index (χ1v) is 6.93. The van der Waals surface area contributed by atoms with Crippen molar-refractivity contribution < 1.29 is 9.90 Å². The molecule has 2 nitrogen and oxygen atoms in total. The molecule has 1 aliphatic rings. The van der Waals surface area contributed by atoms with Crippen LogP contribution < -0.4 is 0 Å². The molecule has 0 unspecified atom stereocenters. The van der Waals surface area contributed by atoms with Gasteiger partial charge in [0.05, 0.1) is 6.61 Å². The van der Waals surface area contributed by atoms with Gasteiger partial charge in [-0.25, -0.2) is 0 Å². The van der Waals surface area contributed by atoms with Crippen molar-refractivity contribution >= 4 is 5.78 Å². The van der Waals surface area contributed by atoms with Crippen LogP contribution in [-0.4, -0.2) is 17.5 Å². The van der Waals surface area contributed by atoms with Crippen molar-refractivity contribution in [3.05, 3.63) is 0 Å². The molecule has 0 aromatic carbocycles. The number of ketones is 1. The summed E-state index contributed by atoms with van der Waals surface area (Å²) < 4.78 is 0. The normalized spacial score (nSPS) is 26.0. The van der Waals surface area contributed by atoms with Gasteiger partial charge in [0.25, 0.3) is 0 Å². The summed E-state index contributed by atoms with van der Waals surface area (Å²) >= 11 is 0. The predicted octanol–water partition coefficient (Wildman–Crippen LogP) is 3.32. The lowest BCUT2D eigenvalue weighted by Gasteiger charge is -2.29. The number of rotatable bonds is 7. The first kappa shape index (κ1) is 13.7. The monoisotopic (exact) mass is 226 g/mol. The Kier molecular flexibility index (Phi) is 6.70. The van der Waals surface area contributed by atoms with Crippen LogP contribution in [0.1, 0.15) is 64.7 Å². The number of aliphatic hydroxyl groups excluding tert-OH is 1. The van der Waals surface area contributed by atoms with E-state index in [0.717, 1.165) is 19.3 Å². The fraction of sp³-hybridized carbons (Fsp3) is 0.929. The highest BCUT2D eigenvalue weighted by molar-refractivity contribution is 5.82. The van der Waals surface area contributed by atoms with Crippen LogP contribution in [0.3, 0.4) is 0 Å². The van der Waals surface area contributed by atoms with Gasteiger partial charge in [-0.2, -0.15) is 0 Å². The van der Waals surface area contributed by atoms with Crippen molar-refractivity contribution in [1.29, 1.82) is 0 Å². The molecule has 1 rings (SSSR count). The number of Topliss-reactive ketones (excluding diaryl/α,β-unsaturated/α-hetero) is 1. The van der Waals surface area contributed by atoms with E-state index in [2.05, 4.69) is 6.92 Å². The summed E-state index contributed by atoms with van der Waals surface area (Å²) in [6.07, 6.45) is 10.5. The van der Waals surface area contributed by atoms with Crippen LogP contribution in [0.15, 0.2) is 0 Å². The van der Waals surface area contributed by atoms with Crippen LogP contribution in [0.4, 0.5) is 0 Å². The standard InChI is InChI=1S/C14H26O2/c1-2-3-4-5-6-8-12-9-7-10-14(16)13(12)11-15/h12-13,15H,2-11H2,1H3/t12-,13+/m1/s1. The van der Waals surface area contributed by atoms with Gasteiger partial charge in [-0.1, -0.05) is 39.0 Å². The van der Waals surface area contributed by atoms with E-state index in [1.54, 1.807) is 0 Å². The van der Waals surface area contributed by atoms with Gasteiger partial charge in [0, 0.05) is 12.3 Å². The quantitative estimate of drug-likeness (QED) is 0.676. The van der Waals surface area contributed by atoms with E-state index in [0.29, 0.717) is 18.1 Å². The van der Waals surface area contributed by atoms with Crippen LogP contribution in [0.2, 0.25) is 0 Å². The highest BCUT2D eigenvalue weighted by Crippen LogP contribution is 2.31. The van der Waals surface area contributed by atoms with Crippen molar-refractivity contribution in [3.8, 4) is 0 Å². The molecule has 16 heavy (non-hydrogen) atoms. The predicted molar refractivity (Wildman–Crippen MR) is 66.3 cm³/mol. The molecule has 0 aliphatic heterocycles. The molecule has 1 aliphatic carbocycles. The number of carbonyl (C=O) groups excluding carboxylic acids is 1. The van der Waals surface area contributed by atoms with Gasteiger partial charge in [0.2, 0.25) is 0 Å². The van der Waals surface area contributed by atoms with Crippen molar-refractivity contribution in [2.75, 3.05) is 6.61 Å². The zero-order valence-electron chi connectivity index (χ0n) is 10.6. The Morgan fingerprint density at radius 3 is 2.69 bits per heavy atom. The van der Waals surface area contributed by atoms with E-state index in [1.807, 2.05) is 0 Å². The second-order valence-corrected chi connectivity index (χ2v) is 5.11. The van der Waals surface area contributed by atoms with Crippen LogP contribution in [0.5, 0.6) is 0 Å². The second kappa shape index (κ2) is 7.83. The third-order valence-electron chi connectivity index (χ3n) is 3.86. The molecule has 1 saturated carbocycles. The maximum Gasteiger partial charge on any atom is 0.138 e. The van der Waals surface area contributed by atoms with Crippen molar-refractivity contribution in [3.63, 3.8) is 0 Å². The molecule has 0 aromatic rings. The molecule has 0 spiro atoms. The molecule has 1 fully saturated rings. The Morgan fingerprint density at radius 2 is 2.00 bits per heavy atom. The van der Waals surface area contributed by atoms with E-state index < -0.39 is 0 Å². The average molecular weight is 226 g/mol. The smallest absolute Gasteiger partial charge is 0.138 e. The lowest BCUT2D eigenvalue weighted by atomic mass is 9.76. The molecule has 2 heteroatoms. The molecule has 0 heterocycles. The van der Waals surface area contributed by atoms with Crippen LogP contribution in [0.25, 0.3) is 0 Å². The molecular weight excluding hydrogens is 200 g/mol. The summed E-state index contributed by atoms with van der Waals surface area (Å²) in [5.41, 5.74) is 0. The number of hydrogen-bond donors (Lipinski definition) is 1. The first-order valence-electron chi connectivity index (χ1n) is 6.93. The second-order valence-electron chi connectivity index (χ2n) is 5.11. The molecule has 0 amide bonds. The summed E-state index contributed by atoms with van der Waals surface area (Å²) in [6.45, 7) is 2.29. The van der Waals surface area contributed by atoms with E-state index in [1.165, 1.54) is 32.1 Å². The van der Waals surface area contributed by atoms with Crippen molar-refractivity contribution in [2.45, 2.75) is 64.7 Å². The van der Waals surface area contributed by atoms with Crippen LogP contribution >= 0.6 is 0 Å². The maximum absolute atomic E-state index is 11.6. The Morgan fingerprint density at radius 1 is 1.25 bits per heavy atom. The number of aliphatic hydroxyl groups is 1. The lowest BCUT2D eigenvalue weighted by Crippen LogP contribution is -2.31. The van der Waals surface area contributed by atoms with Gasteiger partial charge in [-0.05, 0) is 25.2 Å². The number of carbonyl (C=O) groups is 1. The highest BCUT2D eigenvalue weighted by Gasteiger charge is 2.30. The molecule has 0 saturated heterocycles. The van der Waals surface area contributed by atoms with Crippen molar-refractivity contribution in [2.24, 2.45) is 11.8 Å². The first-order chi connectivity index (χ1) is 7.79. The van der Waals surface area contributed by atoms with Gasteiger partial charge in [-0.15, -0.1) is 0 Å². The number of unbranched alkanes of at least 4 members (excludes halogenated alkanes) is 4. The summed E-state index contributed by atoms with van der Waals surface area (Å²) in [5.74, 6) is 0.722. The van der Waals surface area contributed by atoms with E-state index in [4.69, 9.17) is 0 Å². The molecule has 0 radical (unpaired) electrons. The SMILES string of the molecule is CCCCCCC[C@@H]1CCCC(=O)[C@H]1CO. The Labute approximate surface area is 99.4 Å². The summed E-state index contributed by atoms with van der Waals surface area (Å²) in [5, 5.41) is 9.25. The molecular formula is C14H26O2. The summed E-state index contributed by atoms with van der Waals surface area (Å²) in [7, 11) is 0. The minimum Gasteiger partial charge on any atom is -0.396 e. The van der Waals surface area contributed by atoms with E-state index in [9.17, 15) is 9.90 Å². The molecule has 94 valence electrons. The third-order valence-corrected chi connectivity index (χ3v) is 3.86. The minimum absolute atomic E-state index is 0.0417. The van der Waals surface area contributed by atoms with Gasteiger partial charge in [-0.3, -0.25) is 4.79 Å². The van der Waals surface area contributed by atoms with Crippen LogP contribution in [0, 0.1) is 11.8 Å². The number of hydrogen-bond acceptors (Lipinski definition) is 2. The Balaban J connectivity index is 2.20. The minimum atomic E-state index is -0.0417. The summed E-state index contributed by atoms with van der Waals surface area (Å²) in [4.78, 5) is 11.6. The van der Waals surface area contributed by atoms with Crippen LogP contribution in [-0.2, 0) is 4.79 Å². The third kappa shape index (κ3) is 4.25. The Hall–Kier alpha value is -0.370. The van der Waals surface area contributed by atoms with E-state index in [-0.39, 0.29) is 12.5 Å². The molecule has 0 aromatic heterocycles. The van der Waals surface area contributed by atoms with E-state index >= 15 is 0 Å². The van der Waals surface area contributed by atoms with Gasteiger partial charge < -0.3 is 5.11 Å². The molecule has 0 bridgehead atoms. The fourth-order valence-corrected chi connectivity index (χ4v) is 2.79. The lowest BCUT2D eigenvalue weighted by molar-refractivity contribution is -0.128. The van der Waals surface area contributed by atoms with Gasteiger partial charge >= 0.3 is 0 Å². The van der Waals surface area contributed by atoms with Crippen molar-refractivity contribution in [1.82, 2.24) is 0 Å². The highest BCUT2D eigenvalue weighted by atomic mass is 16.3. The fourth-order valence-electron chi connectivity index (χ4n) is 2.79.